The topological polar surface area (TPSA) is 69.7 Å². The van der Waals surface area contributed by atoms with Gasteiger partial charge in [0.15, 0.2) is 6.61 Å². The van der Waals surface area contributed by atoms with E-state index in [1.165, 1.54) is 24.0 Å². The van der Waals surface area contributed by atoms with Gasteiger partial charge in [0, 0.05) is 25.2 Å². The van der Waals surface area contributed by atoms with Gasteiger partial charge in [-0.2, -0.15) is 0 Å². The van der Waals surface area contributed by atoms with Crippen molar-refractivity contribution in [3.05, 3.63) is 53.2 Å². The van der Waals surface area contributed by atoms with Gasteiger partial charge >= 0.3 is 0 Å². The van der Waals surface area contributed by atoms with Crippen LogP contribution in [0.1, 0.15) is 36.0 Å². The summed E-state index contributed by atoms with van der Waals surface area (Å²) in [6.07, 6.45) is 7.34. The second-order valence-electron chi connectivity index (χ2n) is 7.31. The Morgan fingerprint density at radius 3 is 2.93 bits per heavy atom. The molecular formula is C22H26N2O4. The van der Waals surface area contributed by atoms with E-state index in [0.29, 0.717) is 19.0 Å². The normalized spacial score (nSPS) is 18.4. The quantitative estimate of drug-likeness (QED) is 0.797. The van der Waals surface area contributed by atoms with Gasteiger partial charge in [-0.1, -0.05) is 6.07 Å². The number of rotatable bonds is 7. The number of aromatic nitrogens is 1. The minimum atomic E-state index is -0.152. The summed E-state index contributed by atoms with van der Waals surface area (Å²) in [4.78, 5) is 16.4. The maximum absolute atomic E-state index is 12.1. The lowest BCUT2D eigenvalue weighted by atomic mass is 9.92. The summed E-state index contributed by atoms with van der Waals surface area (Å²) in [5, 5.41) is 2.88. The van der Waals surface area contributed by atoms with Gasteiger partial charge in [-0.15, -0.1) is 0 Å². The third-order valence-corrected chi connectivity index (χ3v) is 5.15. The monoisotopic (exact) mass is 382 g/mol. The fraction of sp³-hybridized carbons (Fsp3) is 0.455. The zero-order chi connectivity index (χ0) is 19.2. The van der Waals surface area contributed by atoms with Crippen molar-refractivity contribution in [3.63, 3.8) is 0 Å². The van der Waals surface area contributed by atoms with Crippen molar-refractivity contribution >= 4 is 5.91 Å². The Labute approximate surface area is 165 Å². The van der Waals surface area contributed by atoms with Gasteiger partial charge in [0.2, 0.25) is 5.88 Å². The van der Waals surface area contributed by atoms with Crippen LogP contribution in [-0.2, 0) is 28.9 Å². The summed E-state index contributed by atoms with van der Waals surface area (Å²) in [5.74, 6) is 1.17. The Kier molecular flexibility index (Phi) is 6.07. The molecule has 2 aromatic rings. The lowest BCUT2D eigenvalue weighted by molar-refractivity contribution is -0.123. The second-order valence-corrected chi connectivity index (χ2v) is 7.31. The van der Waals surface area contributed by atoms with Crippen LogP contribution in [0.15, 0.2) is 36.5 Å². The molecule has 0 bridgehead atoms. The predicted octanol–water partition coefficient (Wildman–Crippen LogP) is 2.82. The largest absolute Gasteiger partial charge is 0.484 e. The van der Waals surface area contributed by atoms with E-state index >= 15 is 0 Å². The fourth-order valence-electron chi connectivity index (χ4n) is 3.60. The third-order valence-electron chi connectivity index (χ3n) is 5.15. The van der Waals surface area contributed by atoms with Crippen molar-refractivity contribution in [1.82, 2.24) is 10.3 Å². The van der Waals surface area contributed by atoms with E-state index in [1.54, 1.807) is 6.20 Å². The van der Waals surface area contributed by atoms with E-state index in [9.17, 15) is 4.79 Å². The molecule has 0 radical (unpaired) electrons. The second kappa shape index (κ2) is 9.06. The van der Waals surface area contributed by atoms with Crippen molar-refractivity contribution in [2.75, 3.05) is 19.8 Å². The molecule has 1 aliphatic carbocycles. The van der Waals surface area contributed by atoms with Crippen LogP contribution in [-0.4, -0.2) is 36.8 Å². The highest BCUT2D eigenvalue weighted by Crippen LogP contribution is 2.25. The molecule has 2 aliphatic rings. The maximum atomic E-state index is 12.1. The molecule has 0 unspecified atom stereocenters. The highest BCUT2D eigenvalue weighted by atomic mass is 16.5. The highest BCUT2D eigenvalue weighted by Gasteiger charge is 2.17. The van der Waals surface area contributed by atoms with E-state index in [1.807, 2.05) is 18.2 Å². The fourth-order valence-corrected chi connectivity index (χ4v) is 3.60. The number of aryl methyl sites for hydroxylation is 2. The van der Waals surface area contributed by atoms with Crippen LogP contribution in [0, 0.1) is 0 Å². The van der Waals surface area contributed by atoms with E-state index in [-0.39, 0.29) is 18.6 Å². The molecule has 0 spiro atoms. The first-order valence-corrected chi connectivity index (χ1v) is 9.97. The smallest absolute Gasteiger partial charge is 0.258 e. The standard InChI is InChI=1S/C22H26N2O4/c25-21(15-27-19-6-5-17-3-1-2-4-18(17)12-19)24-13-16-7-9-23-22(11-16)28-20-8-10-26-14-20/h5-7,9,11-12,20H,1-4,8,10,13-15H2,(H,24,25)/t20-/m1/s1. The summed E-state index contributed by atoms with van der Waals surface area (Å²) < 4.78 is 16.8. The first-order valence-electron chi connectivity index (χ1n) is 9.97. The van der Waals surface area contributed by atoms with Crippen LogP contribution in [0.2, 0.25) is 0 Å². The zero-order valence-electron chi connectivity index (χ0n) is 16.0. The number of fused-ring (bicyclic) bond motifs is 1. The molecule has 1 saturated heterocycles. The minimum absolute atomic E-state index is 0.00659. The summed E-state index contributed by atoms with van der Waals surface area (Å²) >= 11 is 0. The molecule has 1 aliphatic heterocycles. The third kappa shape index (κ3) is 5.01. The summed E-state index contributed by atoms with van der Waals surface area (Å²) in [5.41, 5.74) is 3.69. The number of nitrogens with zero attached hydrogens (tertiary/aromatic N) is 1. The van der Waals surface area contributed by atoms with Gasteiger partial charge in [0.25, 0.3) is 5.91 Å². The molecule has 1 atom stereocenters. The van der Waals surface area contributed by atoms with Gasteiger partial charge in [-0.25, -0.2) is 4.98 Å². The van der Waals surface area contributed by atoms with Crippen molar-refractivity contribution in [1.29, 1.82) is 0 Å². The molecule has 6 nitrogen and oxygen atoms in total. The van der Waals surface area contributed by atoms with Crippen LogP contribution in [0.25, 0.3) is 0 Å². The van der Waals surface area contributed by atoms with Crippen LogP contribution in [0.5, 0.6) is 11.6 Å². The zero-order valence-corrected chi connectivity index (χ0v) is 16.0. The molecule has 1 amide bonds. The van der Waals surface area contributed by atoms with Crippen molar-refractivity contribution < 1.29 is 19.0 Å². The molecule has 148 valence electrons. The lowest BCUT2D eigenvalue weighted by Crippen LogP contribution is -2.28. The summed E-state index contributed by atoms with van der Waals surface area (Å²) in [6, 6.07) is 9.86. The summed E-state index contributed by atoms with van der Waals surface area (Å²) in [6.45, 7) is 1.74. The molecule has 28 heavy (non-hydrogen) atoms. The number of benzene rings is 1. The molecule has 2 heterocycles. The van der Waals surface area contributed by atoms with Gasteiger partial charge in [0.1, 0.15) is 11.9 Å². The Morgan fingerprint density at radius 1 is 1.18 bits per heavy atom. The molecular weight excluding hydrogens is 356 g/mol. The van der Waals surface area contributed by atoms with Gasteiger partial charge in [0.05, 0.1) is 13.2 Å². The van der Waals surface area contributed by atoms with Gasteiger partial charge < -0.3 is 19.5 Å². The Hall–Kier alpha value is -2.60. The molecule has 0 saturated carbocycles. The Bertz CT molecular complexity index is 818. The molecule has 4 rings (SSSR count). The first kappa shape index (κ1) is 18.7. The minimum Gasteiger partial charge on any atom is -0.484 e. The van der Waals surface area contributed by atoms with Crippen molar-refractivity contribution in [3.8, 4) is 11.6 Å². The van der Waals surface area contributed by atoms with Gasteiger partial charge in [-0.3, -0.25) is 4.79 Å². The van der Waals surface area contributed by atoms with Crippen LogP contribution in [0.4, 0.5) is 0 Å². The number of ether oxygens (including phenoxy) is 3. The number of carbonyl (C=O) groups is 1. The molecule has 1 N–H and O–H groups in total. The van der Waals surface area contributed by atoms with Gasteiger partial charge in [-0.05, 0) is 60.6 Å². The number of hydrogen-bond acceptors (Lipinski definition) is 5. The molecule has 1 aromatic heterocycles. The van der Waals surface area contributed by atoms with Crippen LogP contribution in [0.3, 0.4) is 0 Å². The first-order chi connectivity index (χ1) is 13.8. The molecule has 1 fully saturated rings. The molecule has 6 heteroatoms. The average Bonchev–Trinajstić information content (AvgIpc) is 3.24. The Balaban J connectivity index is 1.24. The van der Waals surface area contributed by atoms with E-state index < -0.39 is 0 Å². The summed E-state index contributed by atoms with van der Waals surface area (Å²) in [7, 11) is 0. The van der Waals surface area contributed by atoms with Crippen molar-refractivity contribution in [2.24, 2.45) is 0 Å². The Morgan fingerprint density at radius 2 is 2.07 bits per heavy atom. The number of amides is 1. The van der Waals surface area contributed by atoms with E-state index in [0.717, 1.165) is 37.2 Å². The van der Waals surface area contributed by atoms with Crippen molar-refractivity contribution in [2.45, 2.75) is 44.8 Å². The van der Waals surface area contributed by atoms with Crippen LogP contribution < -0.4 is 14.8 Å². The number of hydrogen-bond donors (Lipinski definition) is 1. The van der Waals surface area contributed by atoms with E-state index in [4.69, 9.17) is 14.2 Å². The van der Waals surface area contributed by atoms with E-state index in [2.05, 4.69) is 22.4 Å². The predicted molar refractivity (Wildman–Crippen MR) is 105 cm³/mol. The maximum Gasteiger partial charge on any atom is 0.258 e. The number of pyridine rings is 1. The highest BCUT2D eigenvalue weighted by molar-refractivity contribution is 5.77. The number of nitrogens with one attached hydrogen (secondary N) is 1. The van der Waals surface area contributed by atoms with Crippen LogP contribution >= 0.6 is 0 Å². The lowest BCUT2D eigenvalue weighted by Gasteiger charge is -2.16. The number of carbonyl (C=O) groups excluding carboxylic acids is 1. The molecule has 1 aromatic carbocycles. The average molecular weight is 382 g/mol. The SMILES string of the molecule is O=C(COc1ccc2c(c1)CCCC2)NCc1ccnc(O[C@@H]2CCOC2)c1.